The third-order valence-electron chi connectivity index (χ3n) is 4.26. The van der Waals surface area contributed by atoms with E-state index >= 15 is 0 Å². The standard InChI is InChI=1S/C15H22N2O/c18-15-2-1-13-5-8-17(11-14(13)9-15)10-12-3-6-16-7-4-12/h1-2,9,12,16,18H,3-8,10-11H2. The Hall–Kier alpha value is -1.06. The Labute approximate surface area is 109 Å². The topological polar surface area (TPSA) is 35.5 Å². The van der Waals surface area contributed by atoms with Gasteiger partial charge in [-0.2, -0.15) is 0 Å². The highest BCUT2D eigenvalue weighted by Gasteiger charge is 2.21. The highest BCUT2D eigenvalue weighted by atomic mass is 16.3. The van der Waals surface area contributed by atoms with Crippen LogP contribution in [0.5, 0.6) is 5.75 Å². The van der Waals surface area contributed by atoms with E-state index in [1.54, 1.807) is 6.07 Å². The summed E-state index contributed by atoms with van der Waals surface area (Å²) in [4.78, 5) is 2.55. The molecule has 2 aliphatic heterocycles. The fraction of sp³-hybridized carbons (Fsp3) is 0.600. The fourth-order valence-electron chi connectivity index (χ4n) is 3.19. The Bertz CT molecular complexity index is 413. The lowest BCUT2D eigenvalue weighted by atomic mass is 9.94. The fourth-order valence-corrected chi connectivity index (χ4v) is 3.19. The number of aromatic hydroxyl groups is 1. The van der Waals surface area contributed by atoms with Gasteiger partial charge in [-0.25, -0.2) is 0 Å². The summed E-state index contributed by atoms with van der Waals surface area (Å²) in [6, 6.07) is 5.82. The van der Waals surface area contributed by atoms with Crippen molar-refractivity contribution < 1.29 is 5.11 Å². The van der Waals surface area contributed by atoms with Gasteiger partial charge in [0.05, 0.1) is 0 Å². The molecule has 0 radical (unpaired) electrons. The van der Waals surface area contributed by atoms with Crippen LogP contribution in [-0.2, 0) is 13.0 Å². The van der Waals surface area contributed by atoms with Crippen LogP contribution in [0.3, 0.4) is 0 Å². The van der Waals surface area contributed by atoms with E-state index in [0.717, 1.165) is 18.9 Å². The first-order chi connectivity index (χ1) is 8.81. The highest BCUT2D eigenvalue weighted by molar-refractivity contribution is 5.36. The Morgan fingerprint density at radius 2 is 2.06 bits per heavy atom. The summed E-state index contributed by atoms with van der Waals surface area (Å²) in [5.41, 5.74) is 2.73. The van der Waals surface area contributed by atoms with Crippen LogP contribution in [0, 0.1) is 5.92 Å². The molecule has 2 aliphatic rings. The molecule has 0 amide bonds. The van der Waals surface area contributed by atoms with Gasteiger partial charge in [0, 0.05) is 19.6 Å². The van der Waals surface area contributed by atoms with Gasteiger partial charge in [0.1, 0.15) is 5.75 Å². The number of fused-ring (bicyclic) bond motifs is 1. The van der Waals surface area contributed by atoms with Gasteiger partial charge in [0.15, 0.2) is 0 Å². The smallest absolute Gasteiger partial charge is 0.115 e. The minimum atomic E-state index is 0.400. The van der Waals surface area contributed by atoms with Crippen LogP contribution in [0.2, 0.25) is 0 Å². The van der Waals surface area contributed by atoms with Crippen molar-refractivity contribution >= 4 is 0 Å². The lowest BCUT2D eigenvalue weighted by Crippen LogP contribution is -2.38. The monoisotopic (exact) mass is 246 g/mol. The zero-order valence-corrected chi connectivity index (χ0v) is 10.9. The van der Waals surface area contributed by atoms with E-state index in [-0.39, 0.29) is 0 Å². The van der Waals surface area contributed by atoms with Crippen LogP contribution in [0.15, 0.2) is 18.2 Å². The summed E-state index contributed by atoms with van der Waals surface area (Å²) in [6.45, 7) is 5.75. The Balaban J connectivity index is 1.63. The lowest BCUT2D eigenvalue weighted by Gasteiger charge is -2.33. The molecule has 1 saturated heterocycles. The molecular formula is C15H22N2O. The molecular weight excluding hydrogens is 224 g/mol. The molecule has 3 nitrogen and oxygen atoms in total. The van der Waals surface area contributed by atoms with E-state index in [0.29, 0.717) is 5.75 Å². The zero-order chi connectivity index (χ0) is 12.4. The molecule has 0 unspecified atom stereocenters. The van der Waals surface area contributed by atoms with Crippen molar-refractivity contribution in [2.75, 3.05) is 26.2 Å². The van der Waals surface area contributed by atoms with Gasteiger partial charge in [-0.1, -0.05) is 6.07 Å². The van der Waals surface area contributed by atoms with Gasteiger partial charge in [-0.05, 0) is 61.5 Å². The number of hydrogen-bond acceptors (Lipinski definition) is 3. The zero-order valence-electron chi connectivity index (χ0n) is 10.9. The number of phenols is 1. The summed E-state index contributed by atoms with van der Waals surface area (Å²) in [5, 5.41) is 13.0. The largest absolute Gasteiger partial charge is 0.508 e. The second-order valence-electron chi connectivity index (χ2n) is 5.63. The average molecular weight is 246 g/mol. The first-order valence-corrected chi connectivity index (χ1v) is 7.05. The second-order valence-corrected chi connectivity index (χ2v) is 5.63. The van der Waals surface area contributed by atoms with Crippen molar-refractivity contribution in [3.8, 4) is 5.75 Å². The molecule has 18 heavy (non-hydrogen) atoms. The second kappa shape index (κ2) is 5.29. The van der Waals surface area contributed by atoms with Crippen LogP contribution in [0.4, 0.5) is 0 Å². The van der Waals surface area contributed by atoms with Crippen molar-refractivity contribution in [2.24, 2.45) is 5.92 Å². The molecule has 0 aliphatic carbocycles. The minimum absolute atomic E-state index is 0.400. The first kappa shape index (κ1) is 12.0. The molecule has 3 heteroatoms. The van der Waals surface area contributed by atoms with E-state index < -0.39 is 0 Å². The maximum absolute atomic E-state index is 9.57. The molecule has 2 heterocycles. The summed E-state index contributed by atoms with van der Waals surface area (Å²) in [5.74, 6) is 1.25. The van der Waals surface area contributed by atoms with E-state index in [1.165, 1.54) is 50.1 Å². The third-order valence-corrected chi connectivity index (χ3v) is 4.26. The SMILES string of the molecule is Oc1ccc2c(c1)CN(CC1CCNCC1)CC2. The molecule has 3 rings (SSSR count). The molecule has 98 valence electrons. The number of nitrogens with one attached hydrogen (secondary N) is 1. The Morgan fingerprint density at radius 3 is 2.89 bits per heavy atom. The molecule has 1 aromatic carbocycles. The predicted molar refractivity (Wildman–Crippen MR) is 72.7 cm³/mol. The van der Waals surface area contributed by atoms with Gasteiger partial charge in [0.25, 0.3) is 0 Å². The van der Waals surface area contributed by atoms with Gasteiger partial charge in [-0.3, -0.25) is 4.90 Å². The summed E-state index contributed by atoms with van der Waals surface area (Å²) in [6.07, 6.45) is 3.74. The number of piperidine rings is 1. The Morgan fingerprint density at radius 1 is 1.22 bits per heavy atom. The Kier molecular flexibility index (Phi) is 3.52. The van der Waals surface area contributed by atoms with Crippen LogP contribution < -0.4 is 5.32 Å². The molecule has 1 aromatic rings. The maximum atomic E-state index is 9.57. The molecule has 0 atom stereocenters. The van der Waals surface area contributed by atoms with Crippen molar-refractivity contribution in [3.63, 3.8) is 0 Å². The number of benzene rings is 1. The van der Waals surface area contributed by atoms with Gasteiger partial charge >= 0.3 is 0 Å². The third kappa shape index (κ3) is 2.68. The van der Waals surface area contributed by atoms with Crippen LogP contribution >= 0.6 is 0 Å². The van der Waals surface area contributed by atoms with E-state index in [1.807, 2.05) is 6.07 Å². The van der Waals surface area contributed by atoms with E-state index in [2.05, 4.69) is 16.3 Å². The summed E-state index contributed by atoms with van der Waals surface area (Å²) in [7, 11) is 0. The quantitative estimate of drug-likeness (QED) is 0.834. The lowest BCUT2D eigenvalue weighted by molar-refractivity contribution is 0.191. The van der Waals surface area contributed by atoms with Crippen molar-refractivity contribution in [2.45, 2.75) is 25.8 Å². The van der Waals surface area contributed by atoms with E-state index in [9.17, 15) is 5.11 Å². The highest BCUT2D eigenvalue weighted by Crippen LogP contribution is 2.24. The van der Waals surface area contributed by atoms with Gasteiger partial charge in [-0.15, -0.1) is 0 Å². The number of phenolic OH excluding ortho intramolecular Hbond substituents is 1. The van der Waals surface area contributed by atoms with Crippen LogP contribution in [-0.4, -0.2) is 36.2 Å². The van der Waals surface area contributed by atoms with E-state index in [4.69, 9.17) is 0 Å². The predicted octanol–water partition coefficient (Wildman–Crippen LogP) is 1.75. The number of hydrogen-bond donors (Lipinski definition) is 2. The van der Waals surface area contributed by atoms with Crippen molar-refractivity contribution in [1.82, 2.24) is 10.2 Å². The van der Waals surface area contributed by atoms with Crippen LogP contribution in [0.1, 0.15) is 24.0 Å². The van der Waals surface area contributed by atoms with Gasteiger partial charge < -0.3 is 10.4 Å². The molecule has 0 saturated carbocycles. The minimum Gasteiger partial charge on any atom is -0.508 e. The molecule has 1 fully saturated rings. The van der Waals surface area contributed by atoms with Gasteiger partial charge in [0.2, 0.25) is 0 Å². The summed E-state index contributed by atoms with van der Waals surface area (Å²) >= 11 is 0. The number of rotatable bonds is 2. The normalized spacial score (nSPS) is 21.8. The average Bonchev–Trinajstić information content (AvgIpc) is 2.39. The molecule has 0 bridgehead atoms. The summed E-state index contributed by atoms with van der Waals surface area (Å²) < 4.78 is 0. The number of nitrogens with zero attached hydrogens (tertiary/aromatic N) is 1. The molecule has 0 aromatic heterocycles. The van der Waals surface area contributed by atoms with Crippen molar-refractivity contribution in [3.05, 3.63) is 29.3 Å². The first-order valence-electron chi connectivity index (χ1n) is 7.05. The maximum Gasteiger partial charge on any atom is 0.115 e. The molecule has 0 spiro atoms. The van der Waals surface area contributed by atoms with Crippen molar-refractivity contribution in [1.29, 1.82) is 0 Å². The molecule has 2 N–H and O–H groups in total. The van der Waals surface area contributed by atoms with Crippen LogP contribution in [0.25, 0.3) is 0 Å².